The Morgan fingerprint density at radius 2 is 0.385 bits per heavy atom. The van der Waals surface area contributed by atoms with E-state index in [1.165, 1.54) is 33.4 Å². The monoisotopic (exact) mass is 566 g/mol. The van der Waals surface area contributed by atoms with Gasteiger partial charge in [-0.05, 0) is 0 Å². The first-order chi connectivity index (χ1) is 19.3. The number of rotatable bonds is 8. The summed E-state index contributed by atoms with van der Waals surface area (Å²) in [5, 5.41) is 0. The maximum absolute atomic E-state index is 2.31. The third-order valence-corrected chi connectivity index (χ3v) is 11.6. The molecule has 0 saturated heterocycles. The van der Waals surface area contributed by atoms with Gasteiger partial charge in [-0.15, -0.1) is 0 Å². The molecule has 0 bridgehead atoms. The van der Waals surface area contributed by atoms with E-state index in [0.717, 1.165) is 0 Å². The van der Waals surface area contributed by atoms with Crippen molar-refractivity contribution in [1.82, 2.24) is 0 Å². The summed E-state index contributed by atoms with van der Waals surface area (Å²) in [6, 6.07) is 66.7. The molecule has 188 valence electrons. The molecule has 0 aromatic heterocycles. The number of benzene rings is 6. The zero-order valence-electron chi connectivity index (χ0n) is 21.7. The summed E-state index contributed by atoms with van der Waals surface area (Å²) in [5.74, 6) is 0. The van der Waals surface area contributed by atoms with Crippen LogP contribution in [0.25, 0.3) is 0 Å². The molecule has 0 atom stereocenters. The van der Waals surface area contributed by atoms with E-state index in [2.05, 4.69) is 182 Å². The van der Waals surface area contributed by atoms with Crippen molar-refractivity contribution in [2.45, 2.75) is 8.63 Å². The molecular formula is C38H30Se. The van der Waals surface area contributed by atoms with E-state index in [9.17, 15) is 0 Å². The van der Waals surface area contributed by atoms with Crippen LogP contribution in [-0.4, -0.2) is 15.0 Å². The van der Waals surface area contributed by atoms with Crippen LogP contribution >= 0.6 is 0 Å². The van der Waals surface area contributed by atoms with Crippen LogP contribution in [-0.2, 0) is 8.63 Å². The molecule has 0 aliphatic rings. The van der Waals surface area contributed by atoms with E-state index >= 15 is 0 Å². The SMILES string of the molecule is c1ccc(C([Se]C(c2ccccc2)(c2ccccc2)c2ccccc2)(c2ccccc2)c2ccccc2)cc1. The van der Waals surface area contributed by atoms with Crippen LogP contribution in [0.4, 0.5) is 0 Å². The minimum absolute atomic E-state index is 0.0753. The van der Waals surface area contributed by atoms with Crippen molar-refractivity contribution in [3.63, 3.8) is 0 Å². The number of hydrogen-bond donors (Lipinski definition) is 0. The fourth-order valence-corrected chi connectivity index (χ4v) is 9.78. The Hall–Kier alpha value is -4.16. The molecule has 0 N–H and O–H groups in total. The van der Waals surface area contributed by atoms with E-state index in [1.54, 1.807) is 0 Å². The van der Waals surface area contributed by atoms with Gasteiger partial charge < -0.3 is 0 Å². The van der Waals surface area contributed by atoms with Crippen LogP contribution in [0.3, 0.4) is 0 Å². The van der Waals surface area contributed by atoms with E-state index < -0.39 is 0 Å². The zero-order chi connectivity index (χ0) is 26.4. The van der Waals surface area contributed by atoms with Crippen LogP contribution < -0.4 is 0 Å². The van der Waals surface area contributed by atoms with Gasteiger partial charge in [0.25, 0.3) is 0 Å². The molecule has 0 spiro atoms. The predicted octanol–water partition coefficient (Wildman–Crippen LogP) is 8.67. The molecule has 0 fully saturated rings. The van der Waals surface area contributed by atoms with Crippen LogP contribution in [0.5, 0.6) is 0 Å². The molecule has 0 aliphatic carbocycles. The van der Waals surface area contributed by atoms with Crippen molar-refractivity contribution >= 4 is 15.0 Å². The summed E-state index contributed by atoms with van der Waals surface area (Å²) in [7, 11) is 0. The molecule has 0 amide bonds. The molecule has 0 heterocycles. The van der Waals surface area contributed by atoms with Gasteiger partial charge in [0, 0.05) is 0 Å². The van der Waals surface area contributed by atoms with Gasteiger partial charge in [-0.1, -0.05) is 0 Å². The second-order valence-electron chi connectivity index (χ2n) is 9.66. The Balaban J connectivity index is 1.76. The molecule has 0 radical (unpaired) electrons. The minimum atomic E-state index is -0.363. The molecule has 39 heavy (non-hydrogen) atoms. The predicted molar refractivity (Wildman–Crippen MR) is 164 cm³/mol. The molecular weight excluding hydrogens is 535 g/mol. The summed E-state index contributed by atoms with van der Waals surface area (Å²) < 4.78 is -0.726. The van der Waals surface area contributed by atoms with Crippen molar-refractivity contribution in [3.05, 3.63) is 215 Å². The Bertz CT molecular complexity index is 1260. The van der Waals surface area contributed by atoms with E-state index in [0.29, 0.717) is 0 Å². The average Bonchev–Trinajstić information content (AvgIpc) is 3.04. The molecule has 0 unspecified atom stereocenters. The van der Waals surface area contributed by atoms with Gasteiger partial charge in [0.1, 0.15) is 0 Å². The fourth-order valence-electron chi connectivity index (χ4n) is 5.62. The summed E-state index contributed by atoms with van der Waals surface area (Å²) in [6.07, 6.45) is 0. The summed E-state index contributed by atoms with van der Waals surface area (Å²) >= 11 is -0.0753. The van der Waals surface area contributed by atoms with Gasteiger partial charge in [0.15, 0.2) is 0 Å². The topological polar surface area (TPSA) is 0 Å². The van der Waals surface area contributed by atoms with Crippen molar-refractivity contribution in [2.24, 2.45) is 0 Å². The van der Waals surface area contributed by atoms with Crippen molar-refractivity contribution < 1.29 is 0 Å². The van der Waals surface area contributed by atoms with Crippen LogP contribution in [0, 0.1) is 0 Å². The Labute approximate surface area is 238 Å². The Morgan fingerprint density at radius 3 is 0.538 bits per heavy atom. The molecule has 6 rings (SSSR count). The zero-order valence-corrected chi connectivity index (χ0v) is 23.4. The van der Waals surface area contributed by atoms with Crippen molar-refractivity contribution in [2.75, 3.05) is 0 Å². The van der Waals surface area contributed by atoms with Gasteiger partial charge in [0.05, 0.1) is 0 Å². The van der Waals surface area contributed by atoms with E-state index in [1.807, 2.05) is 0 Å². The quantitative estimate of drug-likeness (QED) is 0.128. The third-order valence-electron chi connectivity index (χ3n) is 7.39. The summed E-state index contributed by atoms with van der Waals surface area (Å²) in [4.78, 5) is 0. The molecule has 1 heteroatoms. The molecule has 0 aliphatic heterocycles. The first kappa shape index (κ1) is 25.1. The second kappa shape index (κ2) is 11.3. The Morgan fingerprint density at radius 1 is 0.231 bits per heavy atom. The van der Waals surface area contributed by atoms with Gasteiger partial charge in [0.2, 0.25) is 0 Å². The summed E-state index contributed by atoms with van der Waals surface area (Å²) in [5.41, 5.74) is 7.89. The van der Waals surface area contributed by atoms with Gasteiger partial charge in [-0.25, -0.2) is 0 Å². The van der Waals surface area contributed by atoms with Gasteiger partial charge >= 0.3 is 239 Å². The second-order valence-corrected chi connectivity index (χ2v) is 12.7. The molecule has 6 aromatic carbocycles. The van der Waals surface area contributed by atoms with Crippen LogP contribution in [0.15, 0.2) is 182 Å². The van der Waals surface area contributed by atoms with Crippen LogP contribution in [0.1, 0.15) is 33.4 Å². The standard InChI is InChI=1S/C38H30Se/c1-7-19-31(20-8-1)37(32-21-9-2-10-22-32,33-23-11-3-12-24-33)39-38(34-25-13-4-14-26-34,35-27-15-5-16-28-35)36-29-17-6-18-30-36/h1-30H. The fraction of sp³-hybridized carbons (Fsp3) is 0.0526. The molecule has 0 nitrogen and oxygen atoms in total. The van der Waals surface area contributed by atoms with E-state index in [-0.39, 0.29) is 23.6 Å². The third kappa shape index (κ3) is 4.66. The molecule has 6 aromatic rings. The number of hydrogen-bond acceptors (Lipinski definition) is 0. The van der Waals surface area contributed by atoms with Gasteiger partial charge in [-0.3, -0.25) is 0 Å². The normalized spacial score (nSPS) is 11.7. The van der Waals surface area contributed by atoms with Crippen LogP contribution in [0.2, 0.25) is 0 Å². The van der Waals surface area contributed by atoms with E-state index in [4.69, 9.17) is 0 Å². The average molecular weight is 566 g/mol. The Kier molecular flexibility index (Phi) is 7.28. The van der Waals surface area contributed by atoms with Crippen molar-refractivity contribution in [1.29, 1.82) is 0 Å². The maximum atomic E-state index is 2.31. The van der Waals surface area contributed by atoms with Gasteiger partial charge in [-0.2, -0.15) is 0 Å². The molecule has 0 saturated carbocycles. The first-order valence-corrected chi connectivity index (χ1v) is 15.1. The first-order valence-electron chi connectivity index (χ1n) is 13.4. The summed E-state index contributed by atoms with van der Waals surface area (Å²) in [6.45, 7) is 0. The van der Waals surface area contributed by atoms with Crippen molar-refractivity contribution in [3.8, 4) is 0 Å².